The van der Waals surface area contributed by atoms with Crippen LogP contribution in [0.2, 0.25) is 0 Å². The molecule has 0 aliphatic heterocycles. The van der Waals surface area contributed by atoms with Gasteiger partial charge in [-0.2, -0.15) is 0 Å². The fraction of sp³-hybridized carbons (Fsp3) is 0.154. The number of carboxylic acids is 1. The van der Waals surface area contributed by atoms with E-state index in [0.29, 0.717) is 5.75 Å². The molecule has 0 aliphatic rings. The van der Waals surface area contributed by atoms with Gasteiger partial charge in [-0.3, -0.25) is 0 Å². The molecule has 1 aromatic carbocycles. The van der Waals surface area contributed by atoms with E-state index in [1.807, 2.05) is 6.92 Å². The minimum absolute atomic E-state index is 0.227. The number of carbonyl (C=O) groups is 1. The maximum absolute atomic E-state index is 10.8. The lowest BCUT2D eigenvalue weighted by atomic mass is 10.1. The van der Waals surface area contributed by atoms with Gasteiger partial charge in [0.05, 0.1) is 5.56 Å². The first-order valence-corrected chi connectivity index (χ1v) is 5.36. The molecule has 18 heavy (non-hydrogen) atoms. The third kappa shape index (κ3) is 2.63. The number of aromatic nitrogens is 2. The van der Waals surface area contributed by atoms with Gasteiger partial charge in [0.1, 0.15) is 5.75 Å². The summed E-state index contributed by atoms with van der Waals surface area (Å²) < 4.78 is 5.48. The minimum atomic E-state index is -0.962. The zero-order valence-corrected chi connectivity index (χ0v) is 10.0. The van der Waals surface area contributed by atoms with Crippen molar-refractivity contribution in [2.75, 3.05) is 0 Å². The highest BCUT2D eigenvalue weighted by atomic mass is 16.5. The number of nitrogens with zero attached hydrogens (tertiary/aromatic N) is 2. The van der Waals surface area contributed by atoms with Gasteiger partial charge in [0, 0.05) is 12.4 Å². The summed E-state index contributed by atoms with van der Waals surface area (Å²) in [6, 6.07) is 4.87. The zero-order valence-electron chi connectivity index (χ0n) is 10.0. The summed E-state index contributed by atoms with van der Waals surface area (Å²) in [4.78, 5) is 18.8. The Balaban J connectivity index is 2.24. The molecule has 0 atom stereocenters. The molecule has 0 saturated heterocycles. The first kappa shape index (κ1) is 12.0. The molecular formula is C13H12N2O3. The normalized spacial score (nSPS) is 10.1. The molecule has 0 bridgehead atoms. The van der Waals surface area contributed by atoms with E-state index >= 15 is 0 Å². The van der Waals surface area contributed by atoms with Crippen molar-refractivity contribution in [3.63, 3.8) is 0 Å². The molecule has 0 aliphatic carbocycles. The molecule has 0 amide bonds. The summed E-state index contributed by atoms with van der Waals surface area (Å²) in [6.07, 6.45) is 3.31. The Bertz CT molecular complexity index is 579. The van der Waals surface area contributed by atoms with Gasteiger partial charge >= 0.3 is 12.0 Å². The molecule has 0 spiro atoms. The first-order chi connectivity index (χ1) is 8.56. The smallest absolute Gasteiger partial charge is 0.335 e. The first-order valence-electron chi connectivity index (χ1n) is 5.36. The molecule has 0 saturated carbocycles. The van der Waals surface area contributed by atoms with Crippen molar-refractivity contribution < 1.29 is 14.6 Å². The van der Waals surface area contributed by atoms with Crippen LogP contribution in [0.15, 0.2) is 30.6 Å². The predicted molar refractivity (Wildman–Crippen MR) is 65.0 cm³/mol. The minimum Gasteiger partial charge on any atom is -0.478 e. The van der Waals surface area contributed by atoms with Crippen LogP contribution in [0.25, 0.3) is 0 Å². The van der Waals surface area contributed by atoms with E-state index in [1.54, 1.807) is 31.5 Å². The summed E-state index contributed by atoms with van der Waals surface area (Å²) in [6.45, 7) is 3.66. The lowest BCUT2D eigenvalue weighted by Gasteiger charge is -2.07. The summed E-state index contributed by atoms with van der Waals surface area (Å²) in [5.41, 5.74) is 1.89. The summed E-state index contributed by atoms with van der Waals surface area (Å²) in [5.74, 6) is -0.417. The van der Waals surface area contributed by atoms with Gasteiger partial charge in [0.25, 0.3) is 0 Å². The maximum Gasteiger partial charge on any atom is 0.335 e. The number of aromatic carboxylic acids is 1. The zero-order chi connectivity index (χ0) is 13.1. The standard InChI is InChI=1S/C13H12N2O3/c1-8-6-14-13(15-7-8)18-11-4-3-10(12(16)17)5-9(11)2/h3-7H,1-2H3,(H,16,17). The van der Waals surface area contributed by atoms with Gasteiger partial charge in [-0.25, -0.2) is 14.8 Å². The van der Waals surface area contributed by atoms with Crippen LogP contribution in [0.3, 0.4) is 0 Å². The van der Waals surface area contributed by atoms with Gasteiger partial charge in [0.2, 0.25) is 0 Å². The molecule has 5 heteroatoms. The molecule has 5 nitrogen and oxygen atoms in total. The van der Waals surface area contributed by atoms with Crippen LogP contribution in [0, 0.1) is 13.8 Å². The average Bonchev–Trinajstić information content (AvgIpc) is 2.34. The monoisotopic (exact) mass is 244 g/mol. The van der Waals surface area contributed by atoms with Gasteiger partial charge in [0.15, 0.2) is 0 Å². The number of aryl methyl sites for hydroxylation is 2. The molecule has 2 rings (SSSR count). The van der Waals surface area contributed by atoms with Crippen molar-refractivity contribution in [1.82, 2.24) is 9.97 Å². The Kier molecular flexibility index (Phi) is 3.23. The highest BCUT2D eigenvalue weighted by Gasteiger charge is 2.08. The Morgan fingerprint density at radius 2 is 1.89 bits per heavy atom. The topological polar surface area (TPSA) is 72.3 Å². The second-order valence-corrected chi connectivity index (χ2v) is 3.93. The third-order valence-corrected chi connectivity index (χ3v) is 2.38. The Morgan fingerprint density at radius 3 is 2.44 bits per heavy atom. The molecule has 1 aromatic heterocycles. The van der Waals surface area contributed by atoms with Gasteiger partial charge in [-0.05, 0) is 43.2 Å². The fourth-order valence-corrected chi connectivity index (χ4v) is 1.43. The number of benzene rings is 1. The van der Waals surface area contributed by atoms with Crippen LogP contribution in [0.1, 0.15) is 21.5 Å². The largest absolute Gasteiger partial charge is 0.478 e. The van der Waals surface area contributed by atoms with E-state index in [0.717, 1.165) is 11.1 Å². The van der Waals surface area contributed by atoms with E-state index in [2.05, 4.69) is 9.97 Å². The number of ether oxygens (including phenoxy) is 1. The van der Waals surface area contributed by atoms with Crippen LogP contribution < -0.4 is 4.74 Å². The highest BCUT2D eigenvalue weighted by Crippen LogP contribution is 2.23. The molecule has 0 fully saturated rings. The molecular weight excluding hydrogens is 232 g/mol. The van der Waals surface area contributed by atoms with Crippen molar-refractivity contribution in [2.45, 2.75) is 13.8 Å². The van der Waals surface area contributed by atoms with Crippen molar-refractivity contribution in [2.24, 2.45) is 0 Å². The third-order valence-electron chi connectivity index (χ3n) is 2.38. The van der Waals surface area contributed by atoms with E-state index in [9.17, 15) is 4.79 Å². The number of hydrogen-bond acceptors (Lipinski definition) is 4. The van der Waals surface area contributed by atoms with Crippen LogP contribution in [0.5, 0.6) is 11.8 Å². The SMILES string of the molecule is Cc1cnc(Oc2ccc(C(=O)O)cc2C)nc1. The second kappa shape index (κ2) is 4.83. The Hall–Kier alpha value is -2.43. The molecule has 2 aromatic rings. The van der Waals surface area contributed by atoms with Crippen LogP contribution in [-0.4, -0.2) is 21.0 Å². The lowest BCUT2D eigenvalue weighted by molar-refractivity contribution is 0.0697. The quantitative estimate of drug-likeness (QED) is 0.898. The molecule has 1 heterocycles. The van der Waals surface area contributed by atoms with Gasteiger partial charge < -0.3 is 9.84 Å². The van der Waals surface area contributed by atoms with E-state index in [1.165, 1.54) is 6.07 Å². The molecule has 92 valence electrons. The Labute approximate surface area is 104 Å². The van der Waals surface area contributed by atoms with Crippen LogP contribution >= 0.6 is 0 Å². The molecule has 1 N–H and O–H groups in total. The predicted octanol–water partition coefficient (Wildman–Crippen LogP) is 2.58. The maximum atomic E-state index is 10.8. The molecule has 0 unspecified atom stereocenters. The van der Waals surface area contributed by atoms with Crippen LogP contribution in [-0.2, 0) is 0 Å². The van der Waals surface area contributed by atoms with Crippen molar-refractivity contribution in [3.05, 3.63) is 47.3 Å². The second-order valence-electron chi connectivity index (χ2n) is 3.93. The van der Waals surface area contributed by atoms with E-state index in [4.69, 9.17) is 9.84 Å². The molecule has 0 radical (unpaired) electrons. The van der Waals surface area contributed by atoms with Gasteiger partial charge in [-0.15, -0.1) is 0 Å². The lowest BCUT2D eigenvalue weighted by Crippen LogP contribution is -1.98. The van der Waals surface area contributed by atoms with E-state index < -0.39 is 5.97 Å². The highest BCUT2D eigenvalue weighted by molar-refractivity contribution is 5.88. The van der Waals surface area contributed by atoms with Crippen molar-refractivity contribution in [1.29, 1.82) is 0 Å². The van der Waals surface area contributed by atoms with Crippen LogP contribution in [0.4, 0.5) is 0 Å². The fourth-order valence-electron chi connectivity index (χ4n) is 1.43. The van der Waals surface area contributed by atoms with Gasteiger partial charge in [-0.1, -0.05) is 0 Å². The van der Waals surface area contributed by atoms with E-state index in [-0.39, 0.29) is 11.6 Å². The summed E-state index contributed by atoms with van der Waals surface area (Å²) in [7, 11) is 0. The average molecular weight is 244 g/mol. The van der Waals surface area contributed by atoms with Crippen molar-refractivity contribution in [3.8, 4) is 11.8 Å². The van der Waals surface area contributed by atoms with Crippen molar-refractivity contribution >= 4 is 5.97 Å². The number of hydrogen-bond donors (Lipinski definition) is 1. The summed E-state index contributed by atoms with van der Waals surface area (Å²) >= 11 is 0. The Morgan fingerprint density at radius 1 is 1.22 bits per heavy atom. The summed E-state index contributed by atoms with van der Waals surface area (Å²) in [5, 5.41) is 8.85. The number of carboxylic acid groups (broad SMARTS) is 1. The number of rotatable bonds is 3.